The number of carbonyl (C=O) groups is 1. The summed E-state index contributed by atoms with van der Waals surface area (Å²) in [4.78, 5) is 11.3. The number of halogens is 1. The van der Waals surface area contributed by atoms with Gasteiger partial charge < -0.3 is 21.4 Å². The molecule has 0 spiro atoms. The number of Topliss-reactive ketones (excluding diaryl/α,β-unsaturated/α-hetero) is 1. The second kappa shape index (κ2) is 4.55. The van der Waals surface area contributed by atoms with Gasteiger partial charge in [0.15, 0.2) is 12.3 Å². The van der Waals surface area contributed by atoms with Gasteiger partial charge in [0, 0.05) is 0 Å². The number of rotatable bonds is 3. The van der Waals surface area contributed by atoms with Crippen molar-refractivity contribution in [1.82, 2.24) is 0 Å². The van der Waals surface area contributed by atoms with Crippen LogP contribution < -0.4 is 22.8 Å². The Kier molecular flexibility index (Phi) is 4.32. The van der Waals surface area contributed by atoms with Gasteiger partial charge in [-0.3, -0.25) is 4.79 Å². The minimum absolute atomic E-state index is 0. The van der Waals surface area contributed by atoms with Crippen LogP contribution in [0.5, 0.6) is 0 Å². The molecule has 2 N–H and O–H groups in total. The van der Waals surface area contributed by atoms with Crippen LogP contribution in [0.4, 0.5) is 0 Å². The zero-order chi connectivity index (χ0) is 9.19. The number of hydrogen-bond donors (Lipinski definition) is 1. The van der Waals surface area contributed by atoms with Crippen molar-refractivity contribution in [2.75, 3.05) is 20.6 Å². The molecule has 4 nitrogen and oxygen atoms in total. The molecule has 0 aromatic carbocycles. The van der Waals surface area contributed by atoms with Crippen LogP contribution in [0.3, 0.4) is 0 Å². The molecular formula is C8H13BrN2O2. The molecule has 0 atom stereocenters. The summed E-state index contributed by atoms with van der Waals surface area (Å²) in [6.45, 7) is 0.244. The molecule has 0 saturated carbocycles. The first kappa shape index (κ1) is 12.3. The van der Waals surface area contributed by atoms with E-state index in [0.717, 1.165) is 0 Å². The number of ketones is 1. The van der Waals surface area contributed by atoms with Crippen LogP contribution in [-0.2, 0) is 0 Å². The highest BCUT2D eigenvalue weighted by atomic mass is 79.9. The summed E-state index contributed by atoms with van der Waals surface area (Å²) in [5, 5.41) is 0. The average Bonchev–Trinajstić information content (AvgIpc) is 2.32. The molecule has 0 bridgehead atoms. The number of carbonyl (C=O) groups excluding carboxylic acids is 1. The van der Waals surface area contributed by atoms with Crippen molar-refractivity contribution in [2.45, 2.75) is 0 Å². The second-order valence-corrected chi connectivity index (χ2v) is 3.34. The van der Waals surface area contributed by atoms with Crippen LogP contribution in [0, 0.1) is 0 Å². The summed E-state index contributed by atoms with van der Waals surface area (Å²) >= 11 is 0. The van der Waals surface area contributed by atoms with Crippen LogP contribution in [0.15, 0.2) is 22.8 Å². The minimum atomic E-state index is -0.0764. The monoisotopic (exact) mass is 248 g/mol. The first-order chi connectivity index (χ1) is 5.49. The van der Waals surface area contributed by atoms with E-state index in [2.05, 4.69) is 0 Å². The van der Waals surface area contributed by atoms with Crippen molar-refractivity contribution in [2.24, 2.45) is 5.84 Å². The maximum Gasteiger partial charge on any atom is 0.253 e. The lowest BCUT2D eigenvalue weighted by molar-refractivity contribution is -0.893. The molecule has 0 aliphatic carbocycles. The number of quaternary nitrogens is 1. The van der Waals surface area contributed by atoms with Crippen molar-refractivity contribution in [3.63, 3.8) is 0 Å². The van der Waals surface area contributed by atoms with E-state index in [-0.39, 0.29) is 33.9 Å². The lowest BCUT2D eigenvalue weighted by Gasteiger charge is -2.20. The molecule has 1 heterocycles. The molecule has 0 aliphatic heterocycles. The highest BCUT2D eigenvalue weighted by Crippen LogP contribution is 2.02. The van der Waals surface area contributed by atoms with E-state index in [1.165, 1.54) is 6.26 Å². The zero-order valence-electron chi connectivity index (χ0n) is 7.66. The molecular weight excluding hydrogens is 236 g/mol. The molecule has 1 aromatic heterocycles. The number of likely N-dealkylation sites (N-methyl/N-ethyl adjacent to an activating group) is 1. The van der Waals surface area contributed by atoms with E-state index in [9.17, 15) is 4.79 Å². The normalized spacial score (nSPS) is 10.7. The molecule has 0 amide bonds. The quantitative estimate of drug-likeness (QED) is 0.277. The smallest absolute Gasteiger partial charge is 0.253 e. The van der Waals surface area contributed by atoms with Gasteiger partial charge in [0.1, 0.15) is 0 Å². The van der Waals surface area contributed by atoms with Crippen LogP contribution in [0.25, 0.3) is 0 Å². The van der Waals surface area contributed by atoms with E-state index >= 15 is 0 Å². The lowest BCUT2D eigenvalue weighted by Crippen LogP contribution is -3.00. The maximum absolute atomic E-state index is 11.3. The van der Waals surface area contributed by atoms with E-state index in [4.69, 9.17) is 10.3 Å². The van der Waals surface area contributed by atoms with Crippen molar-refractivity contribution >= 4 is 5.78 Å². The van der Waals surface area contributed by atoms with Gasteiger partial charge in [0.05, 0.1) is 20.4 Å². The third kappa shape index (κ3) is 4.21. The summed E-state index contributed by atoms with van der Waals surface area (Å²) in [5.41, 5.74) is 0. The van der Waals surface area contributed by atoms with Crippen LogP contribution in [-0.4, -0.2) is 31.0 Å². The Morgan fingerprint density at radius 3 is 2.62 bits per heavy atom. The molecule has 0 saturated heterocycles. The maximum atomic E-state index is 11.3. The van der Waals surface area contributed by atoms with Crippen molar-refractivity contribution in [3.05, 3.63) is 24.2 Å². The van der Waals surface area contributed by atoms with Gasteiger partial charge in [-0.1, -0.05) is 0 Å². The van der Waals surface area contributed by atoms with Gasteiger partial charge in [0.2, 0.25) is 0 Å². The highest BCUT2D eigenvalue weighted by Gasteiger charge is 2.18. The van der Waals surface area contributed by atoms with Crippen molar-refractivity contribution < 1.29 is 30.8 Å². The summed E-state index contributed by atoms with van der Waals surface area (Å²) in [7, 11) is 3.50. The zero-order valence-corrected chi connectivity index (χ0v) is 9.24. The van der Waals surface area contributed by atoms with Gasteiger partial charge >= 0.3 is 0 Å². The van der Waals surface area contributed by atoms with Crippen molar-refractivity contribution in [1.29, 1.82) is 0 Å². The summed E-state index contributed by atoms with van der Waals surface area (Å²) < 4.78 is 5.05. The van der Waals surface area contributed by atoms with Gasteiger partial charge in [-0.05, 0) is 12.1 Å². The Bertz CT molecular complexity index is 264. The molecule has 0 unspecified atom stereocenters. The number of nitrogens with two attached hydrogens (primary N) is 1. The number of hydrogen-bond acceptors (Lipinski definition) is 3. The third-order valence-electron chi connectivity index (χ3n) is 1.35. The Hall–Kier alpha value is -0.650. The van der Waals surface area contributed by atoms with E-state index < -0.39 is 0 Å². The molecule has 1 rings (SSSR count). The predicted octanol–water partition coefficient (Wildman–Crippen LogP) is -2.58. The Morgan fingerprint density at radius 2 is 2.23 bits per heavy atom. The second-order valence-electron chi connectivity index (χ2n) is 3.34. The summed E-state index contributed by atoms with van der Waals surface area (Å²) in [6.07, 6.45) is 1.48. The number of furan rings is 1. The van der Waals surface area contributed by atoms with Crippen LogP contribution in [0.2, 0.25) is 0 Å². The fourth-order valence-corrected chi connectivity index (χ4v) is 0.885. The summed E-state index contributed by atoms with van der Waals surface area (Å²) in [6, 6.07) is 3.32. The Labute approximate surface area is 87.6 Å². The molecule has 0 fully saturated rings. The van der Waals surface area contributed by atoms with Crippen LogP contribution in [0.1, 0.15) is 10.6 Å². The molecule has 5 heteroatoms. The highest BCUT2D eigenvalue weighted by molar-refractivity contribution is 5.94. The first-order valence-electron chi connectivity index (χ1n) is 3.67. The van der Waals surface area contributed by atoms with E-state index in [1.54, 1.807) is 26.2 Å². The third-order valence-corrected chi connectivity index (χ3v) is 1.35. The van der Waals surface area contributed by atoms with Crippen molar-refractivity contribution in [3.8, 4) is 0 Å². The van der Waals surface area contributed by atoms with E-state index in [0.29, 0.717) is 5.76 Å². The first-order valence-corrected chi connectivity index (χ1v) is 3.67. The Balaban J connectivity index is 0.00000144. The fourth-order valence-electron chi connectivity index (χ4n) is 0.885. The average molecular weight is 249 g/mol. The largest absolute Gasteiger partial charge is 1.00 e. The van der Waals surface area contributed by atoms with Gasteiger partial charge in [-0.15, -0.1) is 0 Å². The molecule has 0 aliphatic rings. The standard InChI is InChI=1S/C8H13N2O2.BrH/c1-10(2,9)6-7(11)8-4-3-5-12-8;/h3-5H,6,9H2,1-2H3;1H/q+1;/p-1. The van der Waals surface area contributed by atoms with Crippen LogP contribution >= 0.6 is 0 Å². The molecule has 1 aromatic rings. The van der Waals surface area contributed by atoms with E-state index in [1.807, 2.05) is 0 Å². The van der Waals surface area contributed by atoms with Gasteiger partial charge in [0.25, 0.3) is 5.78 Å². The SMILES string of the molecule is C[N+](C)(N)CC(=O)c1ccco1.[Br-]. The molecule has 0 radical (unpaired) electrons. The molecule has 74 valence electrons. The molecule has 13 heavy (non-hydrogen) atoms. The van der Waals surface area contributed by atoms with Gasteiger partial charge in [-0.25, -0.2) is 4.59 Å². The minimum Gasteiger partial charge on any atom is -1.00 e. The Morgan fingerprint density at radius 1 is 1.62 bits per heavy atom. The lowest BCUT2D eigenvalue weighted by atomic mass is 10.3. The summed E-state index contributed by atoms with van der Waals surface area (Å²) in [5.74, 6) is 5.91. The predicted molar refractivity (Wildman–Crippen MR) is 44.2 cm³/mol. The van der Waals surface area contributed by atoms with Gasteiger partial charge in [-0.2, -0.15) is 5.84 Å². The number of nitrogens with zero attached hydrogens (tertiary/aromatic N) is 1. The fraction of sp³-hybridized carbons (Fsp3) is 0.375. The topological polar surface area (TPSA) is 56.2 Å².